The van der Waals surface area contributed by atoms with E-state index < -0.39 is 10.0 Å². The lowest BCUT2D eigenvalue weighted by Crippen LogP contribution is -2.30. The van der Waals surface area contributed by atoms with Crippen molar-refractivity contribution in [3.8, 4) is 0 Å². The zero-order valence-corrected chi connectivity index (χ0v) is 13.3. The smallest absolute Gasteiger partial charge is 0.244 e. The van der Waals surface area contributed by atoms with Crippen molar-refractivity contribution in [2.24, 2.45) is 5.92 Å². The van der Waals surface area contributed by atoms with E-state index in [4.69, 9.17) is 9.15 Å². The third-order valence-corrected chi connectivity index (χ3v) is 4.37. The lowest BCUT2D eigenvalue weighted by atomic mass is 10.2. The average Bonchev–Trinajstić information content (AvgIpc) is 2.76. The molecule has 0 bridgehead atoms. The monoisotopic (exact) mass is 304 g/mol. The first-order valence-electron chi connectivity index (χ1n) is 6.69. The Bertz CT molecular complexity index is 510. The van der Waals surface area contributed by atoms with E-state index in [0.717, 1.165) is 6.54 Å². The molecular weight excluding hydrogens is 280 g/mol. The van der Waals surface area contributed by atoms with E-state index in [1.165, 1.54) is 0 Å². The molecule has 2 N–H and O–H groups in total. The standard InChI is InChI=1S/C13H24N2O4S/c1-5-14-8-12-6-13(11(3)19-12)20(16,17)15-7-10(2)9-18-4/h6,10,14-15H,5,7-9H2,1-4H3. The second kappa shape index (κ2) is 7.78. The van der Waals surface area contributed by atoms with Gasteiger partial charge in [0, 0.05) is 26.3 Å². The lowest BCUT2D eigenvalue weighted by Gasteiger charge is -2.11. The molecule has 7 heteroatoms. The highest BCUT2D eigenvalue weighted by molar-refractivity contribution is 7.89. The molecule has 1 unspecified atom stereocenters. The zero-order valence-electron chi connectivity index (χ0n) is 12.5. The van der Waals surface area contributed by atoms with Crippen molar-refractivity contribution in [3.63, 3.8) is 0 Å². The quantitative estimate of drug-likeness (QED) is 0.718. The van der Waals surface area contributed by atoms with E-state index in [1.807, 2.05) is 13.8 Å². The van der Waals surface area contributed by atoms with Crippen LogP contribution in [-0.2, 0) is 21.3 Å². The maximum Gasteiger partial charge on any atom is 0.244 e. The van der Waals surface area contributed by atoms with Gasteiger partial charge in [-0.1, -0.05) is 13.8 Å². The summed E-state index contributed by atoms with van der Waals surface area (Å²) in [6.45, 7) is 7.73. The van der Waals surface area contributed by atoms with Gasteiger partial charge in [-0.3, -0.25) is 0 Å². The molecule has 1 heterocycles. The molecule has 20 heavy (non-hydrogen) atoms. The zero-order chi connectivity index (χ0) is 15.2. The molecule has 0 saturated carbocycles. The average molecular weight is 304 g/mol. The number of methoxy groups -OCH3 is 1. The second-order valence-electron chi connectivity index (χ2n) is 4.83. The van der Waals surface area contributed by atoms with E-state index in [0.29, 0.717) is 31.2 Å². The van der Waals surface area contributed by atoms with Gasteiger partial charge in [0.2, 0.25) is 10.0 Å². The molecule has 6 nitrogen and oxygen atoms in total. The molecule has 0 aliphatic heterocycles. The first kappa shape index (κ1) is 17.2. The first-order chi connectivity index (χ1) is 9.40. The Morgan fingerprint density at radius 1 is 1.45 bits per heavy atom. The highest BCUT2D eigenvalue weighted by Crippen LogP contribution is 2.20. The number of furan rings is 1. The van der Waals surface area contributed by atoms with Gasteiger partial charge in [-0.25, -0.2) is 13.1 Å². The van der Waals surface area contributed by atoms with Gasteiger partial charge in [-0.2, -0.15) is 0 Å². The minimum atomic E-state index is -3.54. The van der Waals surface area contributed by atoms with Crippen LogP contribution in [0.5, 0.6) is 0 Å². The van der Waals surface area contributed by atoms with Gasteiger partial charge < -0.3 is 14.5 Å². The van der Waals surface area contributed by atoms with Crippen LogP contribution in [0.25, 0.3) is 0 Å². The summed E-state index contributed by atoms with van der Waals surface area (Å²) in [5.74, 6) is 1.14. The van der Waals surface area contributed by atoms with E-state index in [1.54, 1.807) is 20.1 Å². The fourth-order valence-corrected chi connectivity index (χ4v) is 3.17. The summed E-state index contributed by atoms with van der Waals surface area (Å²) in [6, 6.07) is 1.57. The maximum absolute atomic E-state index is 12.2. The fraction of sp³-hybridized carbons (Fsp3) is 0.692. The van der Waals surface area contributed by atoms with Crippen LogP contribution in [0.1, 0.15) is 25.4 Å². The van der Waals surface area contributed by atoms with Crippen molar-refractivity contribution in [1.82, 2.24) is 10.0 Å². The molecule has 0 aromatic carbocycles. The SMILES string of the molecule is CCNCc1cc(S(=O)(=O)NCC(C)COC)c(C)o1. The van der Waals surface area contributed by atoms with Crippen molar-refractivity contribution in [2.75, 3.05) is 26.8 Å². The van der Waals surface area contributed by atoms with Gasteiger partial charge in [-0.15, -0.1) is 0 Å². The highest BCUT2D eigenvalue weighted by atomic mass is 32.2. The summed E-state index contributed by atoms with van der Waals surface area (Å²) in [7, 11) is -1.94. The maximum atomic E-state index is 12.2. The third-order valence-electron chi connectivity index (χ3n) is 2.84. The number of hydrogen-bond donors (Lipinski definition) is 2. The number of nitrogens with one attached hydrogen (secondary N) is 2. The van der Waals surface area contributed by atoms with Crippen molar-refractivity contribution in [1.29, 1.82) is 0 Å². The van der Waals surface area contributed by atoms with Crippen LogP contribution in [0.4, 0.5) is 0 Å². The summed E-state index contributed by atoms with van der Waals surface area (Å²) in [6.07, 6.45) is 0. The Balaban J connectivity index is 2.74. The molecule has 1 rings (SSSR count). The van der Waals surface area contributed by atoms with Crippen LogP contribution in [0.3, 0.4) is 0 Å². The van der Waals surface area contributed by atoms with Gasteiger partial charge in [-0.05, 0) is 19.4 Å². The van der Waals surface area contributed by atoms with E-state index in [-0.39, 0.29) is 10.8 Å². The van der Waals surface area contributed by atoms with Crippen LogP contribution in [0.2, 0.25) is 0 Å². The van der Waals surface area contributed by atoms with E-state index in [2.05, 4.69) is 10.0 Å². The predicted octanol–water partition coefficient (Wildman–Crippen LogP) is 1.26. The van der Waals surface area contributed by atoms with Crippen LogP contribution >= 0.6 is 0 Å². The molecule has 0 fully saturated rings. The fourth-order valence-electron chi connectivity index (χ4n) is 1.80. The van der Waals surface area contributed by atoms with Gasteiger partial charge >= 0.3 is 0 Å². The lowest BCUT2D eigenvalue weighted by molar-refractivity contribution is 0.161. The Labute approximate surface area is 120 Å². The molecule has 116 valence electrons. The topological polar surface area (TPSA) is 80.6 Å². The molecule has 1 aromatic heterocycles. The van der Waals surface area contributed by atoms with Crippen LogP contribution in [0, 0.1) is 12.8 Å². The summed E-state index contributed by atoms with van der Waals surface area (Å²) in [5, 5.41) is 3.10. The Kier molecular flexibility index (Phi) is 6.67. The Morgan fingerprint density at radius 2 is 2.15 bits per heavy atom. The number of ether oxygens (including phenoxy) is 1. The largest absolute Gasteiger partial charge is 0.464 e. The van der Waals surface area contributed by atoms with Gasteiger partial charge in [0.15, 0.2) is 0 Å². The number of aryl methyl sites for hydroxylation is 1. The molecular formula is C13H24N2O4S. The number of hydrogen-bond acceptors (Lipinski definition) is 5. The second-order valence-corrected chi connectivity index (χ2v) is 6.56. The summed E-state index contributed by atoms with van der Waals surface area (Å²) >= 11 is 0. The van der Waals surface area contributed by atoms with Gasteiger partial charge in [0.05, 0.1) is 6.54 Å². The summed E-state index contributed by atoms with van der Waals surface area (Å²) in [5.41, 5.74) is 0. The highest BCUT2D eigenvalue weighted by Gasteiger charge is 2.21. The van der Waals surface area contributed by atoms with Crippen molar-refractivity contribution < 1.29 is 17.6 Å². The molecule has 0 saturated heterocycles. The van der Waals surface area contributed by atoms with Crippen LogP contribution in [0.15, 0.2) is 15.4 Å². The summed E-state index contributed by atoms with van der Waals surface area (Å²) < 4.78 is 37.5. The van der Waals surface area contributed by atoms with Gasteiger partial charge in [0.25, 0.3) is 0 Å². The van der Waals surface area contributed by atoms with Gasteiger partial charge in [0.1, 0.15) is 16.4 Å². The first-order valence-corrected chi connectivity index (χ1v) is 8.17. The minimum Gasteiger partial charge on any atom is -0.464 e. The molecule has 1 atom stereocenters. The molecule has 0 spiro atoms. The van der Waals surface area contributed by atoms with Crippen LogP contribution in [-0.4, -0.2) is 35.2 Å². The Morgan fingerprint density at radius 3 is 2.75 bits per heavy atom. The predicted molar refractivity (Wildman–Crippen MR) is 77.1 cm³/mol. The summed E-state index contributed by atoms with van der Waals surface area (Å²) in [4.78, 5) is 0.204. The number of rotatable bonds is 9. The molecule has 0 aliphatic rings. The molecule has 1 aromatic rings. The van der Waals surface area contributed by atoms with E-state index >= 15 is 0 Å². The Hall–Kier alpha value is -0.890. The van der Waals surface area contributed by atoms with Crippen molar-refractivity contribution in [2.45, 2.75) is 32.2 Å². The molecule has 0 amide bonds. The minimum absolute atomic E-state index is 0.114. The molecule has 0 aliphatic carbocycles. The van der Waals surface area contributed by atoms with Crippen molar-refractivity contribution >= 4 is 10.0 Å². The third kappa shape index (κ3) is 4.90. The normalized spacial score (nSPS) is 13.6. The number of sulfonamides is 1. The van der Waals surface area contributed by atoms with E-state index in [9.17, 15) is 8.42 Å². The molecule has 0 radical (unpaired) electrons. The van der Waals surface area contributed by atoms with Crippen LogP contribution < -0.4 is 10.0 Å². The van der Waals surface area contributed by atoms with Crippen molar-refractivity contribution in [3.05, 3.63) is 17.6 Å².